The molecule has 0 spiro atoms. The van der Waals surface area contributed by atoms with Crippen LogP contribution >= 0.6 is 0 Å². The number of nitrogen functional groups attached to an aromatic ring is 1. The molecule has 3 aromatic rings. The third-order valence-corrected chi connectivity index (χ3v) is 3.76. The van der Waals surface area contributed by atoms with E-state index in [0.717, 1.165) is 11.3 Å². The van der Waals surface area contributed by atoms with Crippen molar-refractivity contribution in [2.75, 3.05) is 14.2 Å². The fourth-order valence-electron chi connectivity index (χ4n) is 2.54. The van der Waals surface area contributed by atoms with Crippen LogP contribution < -0.4 is 20.7 Å². The molecule has 2 aromatic carbocycles. The summed E-state index contributed by atoms with van der Waals surface area (Å²) in [6.07, 6.45) is 0. The van der Waals surface area contributed by atoms with Crippen molar-refractivity contribution >= 4 is 5.91 Å². The topological polar surface area (TPSA) is 91.4 Å². The molecule has 7 nitrogen and oxygen atoms in total. The molecule has 0 aliphatic heterocycles. The molecule has 0 aliphatic rings. The molecule has 1 aromatic heterocycles. The summed E-state index contributed by atoms with van der Waals surface area (Å²) in [7, 11) is 3.18. The minimum Gasteiger partial charge on any atom is -0.497 e. The van der Waals surface area contributed by atoms with Crippen molar-refractivity contribution in [3.05, 3.63) is 60.3 Å². The minimum atomic E-state index is -0.474. The highest BCUT2D eigenvalue weighted by molar-refractivity contribution is 5.93. The quantitative estimate of drug-likeness (QED) is 0.423. The van der Waals surface area contributed by atoms with E-state index in [-0.39, 0.29) is 5.69 Å². The highest BCUT2D eigenvalue weighted by atomic mass is 16.5. The van der Waals surface area contributed by atoms with Crippen LogP contribution in [0.4, 0.5) is 0 Å². The molecule has 1 heterocycles. The van der Waals surface area contributed by atoms with Gasteiger partial charge in [0.1, 0.15) is 11.5 Å². The van der Waals surface area contributed by atoms with Crippen LogP contribution in [0.2, 0.25) is 0 Å². The van der Waals surface area contributed by atoms with Crippen LogP contribution in [0.25, 0.3) is 16.9 Å². The number of hydrogen-bond donors (Lipinski definition) is 2. The molecular weight excluding hydrogens is 320 g/mol. The van der Waals surface area contributed by atoms with Crippen LogP contribution in [0.5, 0.6) is 11.5 Å². The Morgan fingerprint density at radius 1 is 1.08 bits per heavy atom. The van der Waals surface area contributed by atoms with E-state index in [1.54, 1.807) is 37.1 Å². The first-order valence-electron chi connectivity index (χ1n) is 7.56. The third kappa shape index (κ3) is 3.17. The van der Waals surface area contributed by atoms with Crippen LogP contribution in [0.3, 0.4) is 0 Å². The van der Waals surface area contributed by atoms with Crippen molar-refractivity contribution < 1.29 is 14.3 Å². The van der Waals surface area contributed by atoms with Crippen molar-refractivity contribution in [3.8, 4) is 28.4 Å². The predicted molar refractivity (Wildman–Crippen MR) is 93.8 cm³/mol. The molecule has 7 heteroatoms. The van der Waals surface area contributed by atoms with Crippen molar-refractivity contribution in [3.63, 3.8) is 0 Å². The standard InChI is InChI=1S/C18H18N4O3/c1-24-13-8-9-17(25-2)14(10-13)16-11-15(18(23)20-19)21-22(16)12-6-4-3-5-7-12/h3-11H,19H2,1-2H3,(H,20,23). The zero-order valence-corrected chi connectivity index (χ0v) is 13.9. The number of aromatic nitrogens is 2. The molecule has 0 radical (unpaired) electrons. The van der Waals surface area contributed by atoms with Gasteiger partial charge in [0.15, 0.2) is 5.69 Å². The van der Waals surface area contributed by atoms with Gasteiger partial charge in [-0.15, -0.1) is 0 Å². The molecule has 0 fully saturated rings. The van der Waals surface area contributed by atoms with E-state index in [1.807, 2.05) is 36.4 Å². The molecule has 0 aliphatic carbocycles. The Bertz CT molecular complexity index is 891. The van der Waals surface area contributed by atoms with Crippen LogP contribution in [-0.4, -0.2) is 29.9 Å². The van der Waals surface area contributed by atoms with E-state index in [4.69, 9.17) is 15.3 Å². The highest BCUT2D eigenvalue weighted by Gasteiger charge is 2.19. The van der Waals surface area contributed by atoms with Gasteiger partial charge in [0.2, 0.25) is 0 Å². The summed E-state index contributed by atoms with van der Waals surface area (Å²) in [6.45, 7) is 0. The van der Waals surface area contributed by atoms with Gasteiger partial charge in [0.05, 0.1) is 25.6 Å². The first-order valence-corrected chi connectivity index (χ1v) is 7.56. The van der Waals surface area contributed by atoms with E-state index < -0.39 is 5.91 Å². The lowest BCUT2D eigenvalue weighted by molar-refractivity contribution is 0.0948. The van der Waals surface area contributed by atoms with Gasteiger partial charge in [-0.3, -0.25) is 10.2 Å². The van der Waals surface area contributed by atoms with Gasteiger partial charge in [-0.2, -0.15) is 5.10 Å². The minimum absolute atomic E-state index is 0.200. The number of para-hydroxylation sites is 1. The summed E-state index contributed by atoms with van der Waals surface area (Å²) in [4.78, 5) is 12.0. The number of methoxy groups -OCH3 is 2. The average molecular weight is 338 g/mol. The monoisotopic (exact) mass is 338 g/mol. The van der Waals surface area contributed by atoms with Gasteiger partial charge in [-0.25, -0.2) is 10.5 Å². The number of benzene rings is 2. The fourth-order valence-corrected chi connectivity index (χ4v) is 2.54. The lowest BCUT2D eigenvalue weighted by Gasteiger charge is -2.12. The number of nitrogens with one attached hydrogen (secondary N) is 1. The van der Waals surface area contributed by atoms with E-state index >= 15 is 0 Å². The number of carbonyl (C=O) groups is 1. The summed E-state index contributed by atoms with van der Waals surface area (Å²) < 4.78 is 12.4. The van der Waals surface area contributed by atoms with Gasteiger partial charge < -0.3 is 9.47 Å². The number of rotatable bonds is 5. The van der Waals surface area contributed by atoms with Crippen molar-refractivity contribution in [2.24, 2.45) is 5.84 Å². The third-order valence-electron chi connectivity index (χ3n) is 3.76. The van der Waals surface area contributed by atoms with Crippen LogP contribution in [0, 0.1) is 0 Å². The Kier molecular flexibility index (Phi) is 4.67. The molecule has 3 N–H and O–H groups in total. The van der Waals surface area contributed by atoms with Crippen molar-refractivity contribution in [1.29, 1.82) is 0 Å². The van der Waals surface area contributed by atoms with E-state index in [2.05, 4.69) is 10.5 Å². The largest absolute Gasteiger partial charge is 0.497 e. The predicted octanol–water partition coefficient (Wildman–Crippen LogP) is 2.16. The fraction of sp³-hybridized carbons (Fsp3) is 0.111. The molecule has 1 amide bonds. The van der Waals surface area contributed by atoms with Gasteiger partial charge in [0.25, 0.3) is 5.91 Å². The molecule has 0 saturated carbocycles. The molecule has 0 unspecified atom stereocenters. The van der Waals surface area contributed by atoms with Gasteiger partial charge in [0, 0.05) is 5.56 Å². The number of amides is 1. The molecule has 25 heavy (non-hydrogen) atoms. The van der Waals surface area contributed by atoms with E-state index in [0.29, 0.717) is 17.2 Å². The second-order valence-corrected chi connectivity index (χ2v) is 5.20. The number of nitrogens with zero attached hydrogens (tertiary/aromatic N) is 2. The number of hydrogen-bond acceptors (Lipinski definition) is 5. The molecule has 0 saturated heterocycles. The van der Waals surface area contributed by atoms with E-state index in [1.165, 1.54) is 0 Å². The normalized spacial score (nSPS) is 10.4. The average Bonchev–Trinajstić information content (AvgIpc) is 3.12. The van der Waals surface area contributed by atoms with Crippen LogP contribution in [0.15, 0.2) is 54.6 Å². The maximum absolute atomic E-state index is 12.0. The first-order chi connectivity index (χ1) is 12.2. The number of nitrogens with two attached hydrogens (primary N) is 1. The SMILES string of the molecule is COc1ccc(OC)c(-c2cc(C(=O)NN)nn2-c2ccccc2)c1. The maximum Gasteiger partial charge on any atom is 0.285 e. The number of carbonyl (C=O) groups excluding carboxylic acids is 1. The van der Waals surface area contributed by atoms with Crippen LogP contribution in [0.1, 0.15) is 10.5 Å². The first kappa shape index (κ1) is 16.5. The van der Waals surface area contributed by atoms with Gasteiger partial charge in [-0.1, -0.05) is 18.2 Å². The van der Waals surface area contributed by atoms with Crippen molar-refractivity contribution in [1.82, 2.24) is 15.2 Å². The lowest BCUT2D eigenvalue weighted by Crippen LogP contribution is -2.30. The summed E-state index contributed by atoms with van der Waals surface area (Å²) in [5, 5.41) is 4.39. The second-order valence-electron chi connectivity index (χ2n) is 5.20. The number of ether oxygens (including phenoxy) is 2. The van der Waals surface area contributed by atoms with E-state index in [9.17, 15) is 4.79 Å². The van der Waals surface area contributed by atoms with Gasteiger partial charge in [-0.05, 0) is 36.4 Å². The lowest BCUT2D eigenvalue weighted by atomic mass is 10.1. The Balaban J connectivity index is 2.25. The Morgan fingerprint density at radius 3 is 2.48 bits per heavy atom. The Hall–Kier alpha value is -3.32. The van der Waals surface area contributed by atoms with Gasteiger partial charge >= 0.3 is 0 Å². The zero-order valence-electron chi connectivity index (χ0n) is 13.9. The molecule has 3 rings (SSSR count). The summed E-state index contributed by atoms with van der Waals surface area (Å²) in [5.41, 5.74) is 4.54. The number of hydrazine groups is 1. The molecule has 128 valence electrons. The Labute approximate surface area is 144 Å². The molecular formula is C18H18N4O3. The zero-order chi connectivity index (χ0) is 17.8. The summed E-state index contributed by atoms with van der Waals surface area (Å²) in [6, 6.07) is 16.6. The molecule has 0 bridgehead atoms. The Morgan fingerprint density at radius 2 is 1.84 bits per heavy atom. The molecule has 0 atom stereocenters. The van der Waals surface area contributed by atoms with Crippen molar-refractivity contribution in [2.45, 2.75) is 0 Å². The summed E-state index contributed by atoms with van der Waals surface area (Å²) >= 11 is 0. The summed E-state index contributed by atoms with van der Waals surface area (Å²) in [5.74, 6) is 6.08. The smallest absolute Gasteiger partial charge is 0.285 e. The maximum atomic E-state index is 12.0. The highest BCUT2D eigenvalue weighted by Crippen LogP contribution is 2.35. The van der Waals surface area contributed by atoms with Crippen LogP contribution in [-0.2, 0) is 0 Å². The second kappa shape index (κ2) is 7.06.